The van der Waals surface area contributed by atoms with Gasteiger partial charge in [-0.05, 0) is 17.7 Å². The summed E-state index contributed by atoms with van der Waals surface area (Å²) in [5.41, 5.74) is 1.07. The number of rotatable bonds is 1. The van der Waals surface area contributed by atoms with Gasteiger partial charge in [0.2, 0.25) is 11.8 Å². The molecule has 0 aliphatic carbocycles. The monoisotopic (exact) mass is 222 g/mol. The molecule has 0 fully saturated rings. The van der Waals surface area contributed by atoms with E-state index in [-0.39, 0.29) is 11.8 Å². The Bertz CT molecular complexity index is 503. The predicted molar refractivity (Wildman–Crippen MR) is 55.8 cm³/mol. The molecule has 0 atom stereocenters. The van der Waals surface area contributed by atoms with Crippen LogP contribution in [0.1, 0.15) is 0 Å². The highest BCUT2D eigenvalue weighted by molar-refractivity contribution is 6.30. The van der Waals surface area contributed by atoms with E-state index in [1.54, 1.807) is 24.3 Å². The minimum Gasteiger partial charge on any atom is -0.492 e. The Morgan fingerprint density at radius 3 is 2.60 bits per heavy atom. The first-order valence-electron chi connectivity index (χ1n) is 4.18. The van der Waals surface area contributed by atoms with Gasteiger partial charge in [0.1, 0.15) is 0 Å². The molecule has 76 valence electrons. The van der Waals surface area contributed by atoms with Gasteiger partial charge in [0.25, 0.3) is 0 Å². The highest BCUT2D eigenvalue weighted by Crippen LogP contribution is 2.30. The number of nitrogens with zero attached hydrogens (tertiary/aromatic N) is 2. The third-order valence-electron chi connectivity index (χ3n) is 1.90. The van der Waals surface area contributed by atoms with Gasteiger partial charge in [-0.25, -0.2) is 0 Å². The summed E-state index contributed by atoms with van der Waals surface area (Å²) in [6.07, 6.45) is 0. The van der Waals surface area contributed by atoms with Crippen molar-refractivity contribution in [3.05, 3.63) is 35.4 Å². The van der Waals surface area contributed by atoms with E-state index < -0.39 is 0 Å². The zero-order chi connectivity index (χ0) is 10.8. The summed E-state index contributed by atoms with van der Waals surface area (Å²) in [7, 11) is 0. The van der Waals surface area contributed by atoms with Crippen molar-refractivity contribution in [1.29, 1.82) is 0 Å². The van der Waals surface area contributed by atoms with Crippen molar-refractivity contribution in [3.8, 4) is 22.9 Å². The summed E-state index contributed by atoms with van der Waals surface area (Å²) in [6.45, 7) is 0. The van der Waals surface area contributed by atoms with Crippen LogP contribution in [0.4, 0.5) is 0 Å². The van der Waals surface area contributed by atoms with Gasteiger partial charge < -0.3 is 10.2 Å². The predicted octanol–water partition coefficient (Wildman–Crippen LogP) is 2.21. The molecule has 2 N–H and O–H groups in total. The zero-order valence-electron chi connectivity index (χ0n) is 7.55. The third kappa shape index (κ3) is 1.99. The van der Waals surface area contributed by atoms with E-state index in [4.69, 9.17) is 16.7 Å². The lowest BCUT2D eigenvalue weighted by atomic mass is 10.1. The average molecular weight is 223 g/mol. The van der Waals surface area contributed by atoms with Crippen LogP contribution in [-0.4, -0.2) is 20.4 Å². The van der Waals surface area contributed by atoms with Crippen LogP contribution < -0.4 is 0 Å². The number of hydrogen-bond acceptors (Lipinski definition) is 4. The Balaban J connectivity index is 2.58. The summed E-state index contributed by atoms with van der Waals surface area (Å²) in [6, 6.07) is 8.21. The Kier molecular flexibility index (Phi) is 2.43. The van der Waals surface area contributed by atoms with Crippen molar-refractivity contribution >= 4 is 11.6 Å². The van der Waals surface area contributed by atoms with E-state index in [0.717, 1.165) is 0 Å². The first-order chi connectivity index (χ1) is 7.16. The second-order valence-electron chi connectivity index (χ2n) is 2.95. The lowest BCUT2D eigenvalue weighted by molar-refractivity contribution is 0.416. The number of hydrogen-bond donors (Lipinski definition) is 2. The second kappa shape index (κ2) is 3.74. The van der Waals surface area contributed by atoms with Crippen molar-refractivity contribution in [2.24, 2.45) is 0 Å². The summed E-state index contributed by atoms with van der Waals surface area (Å²) in [5.74, 6) is -0.488. The lowest BCUT2D eigenvalue weighted by Gasteiger charge is -2.03. The maximum atomic E-state index is 9.45. The van der Waals surface area contributed by atoms with Crippen LogP contribution in [0.2, 0.25) is 5.02 Å². The molecule has 4 nitrogen and oxygen atoms in total. The fourth-order valence-electron chi connectivity index (χ4n) is 1.24. The van der Waals surface area contributed by atoms with Gasteiger partial charge in [0, 0.05) is 11.1 Å². The fourth-order valence-corrected chi connectivity index (χ4v) is 1.43. The maximum Gasteiger partial charge on any atom is 0.239 e. The van der Waals surface area contributed by atoms with Gasteiger partial charge in [0.05, 0.1) is 5.56 Å². The van der Waals surface area contributed by atoms with Crippen molar-refractivity contribution in [2.75, 3.05) is 0 Å². The standard InChI is InChI=1S/C10H7ClN2O2/c11-7-3-1-2-6(4-7)8-5-9(14)12-13-10(8)15/h1-5H,(H,12,14)(H,13,15). The van der Waals surface area contributed by atoms with Crippen LogP contribution in [-0.2, 0) is 0 Å². The third-order valence-corrected chi connectivity index (χ3v) is 2.13. The highest BCUT2D eigenvalue weighted by Gasteiger charge is 2.07. The number of aromatic nitrogens is 2. The van der Waals surface area contributed by atoms with Crippen molar-refractivity contribution < 1.29 is 10.2 Å². The van der Waals surface area contributed by atoms with E-state index in [1.165, 1.54) is 6.07 Å². The molecule has 2 aromatic rings. The molecular formula is C10H7ClN2O2. The minimum absolute atomic E-state index is 0.241. The molecule has 0 aliphatic rings. The minimum atomic E-state index is -0.247. The van der Waals surface area contributed by atoms with Gasteiger partial charge in [-0.1, -0.05) is 23.7 Å². The largest absolute Gasteiger partial charge is 0.492 e. The molecule has 0 unspecified atom stereocenters. The Hall–Kier alpha value is -1.81. The molecule has 1 heterocycles. The molecule has 1 aromatic carbocycles. The molecule has 5 heteroatoms. The van der Waals surface area contributed by atoms with E-state index in [1.807, 2.05) is 0 Å². The molecule has 0 radical (unpaired) electrons. The molecule has 0 aliphatic heterocycles. The molecule has 1 aromatic heterocycles. The van der Waals surface area contributed by atoms with Crippen LogP contribution in [0.5, 0.6) is 11.8 Å². The molecule has 0 saturated carbocycles. The van der Waals surface area contributed by atoms with Gasteiger partial charge in [-0.3, -0.25) is 0 Å². The van der Waals surface area contributed by atoms with Gasteiger partial charge >= 0.3 is 0 Å². The van der Waals surface area contributed by atoms with Crippen LogP contribution in [0.15, 0.2) is 30.3 Å². The van der Waals surface area contributed by atoms with Gasteiger partial charge in [-0.15, -0.1) is 10.2 Å². The Labute approximate surface area is 90.8 Å². The number of benzene rings is 1. The molecular weight excluding hydrogens is 216 g/mol. The summed E-state index contributed by atoms with van der Waals surface area (Å²) in [5, 5.41) is 25.9. The summed E-state index contributed by atoms with van der Waals surface area (Å²) >= 11 is 5.81. The topological polar surface area (TPSA) is 66.2 Å². The van der Waals surface area contributed by atoms with Crippen LogP contribution in [0.25, 0.3) is 11.1 Å². The lowest BCUT2D eigenvalue weighted by Crippen LogP contribution is -1.86. The quantitative estimate of drug-likeness (QED) is 0.776. The van der Waals surface area contributed by atoms with Crippen molar-refractivity contribution in [3.63, 3.8) is 0 Å². The SMILES string of the molecule is Oc1cc(-c2cccc(Cl)c2)c(O)nn1. The normalized spacial score (nSPS) is 10.2. The molecule has 15 heavy (non-hydrogen) atoms. The molecule has 2 rings (SSSR count). The molecule has 0 bridgehead atoms. The van der Waals surface area contributed by atoms with E-state index >= 15 is 0 Å². The average Bonchev–Trinajstić information content (AvgIpc) is 2.22. The Morgan fingerprint density at radius 2 is 1.87 bits per heavy atom. The summed E-state index contributed by atoms with van der Waals surface area (Å²) in [4.78, 5) is 0. The molecule has 0 spiro atoms. The number of halogens is 1. The van der Waals surface area contributed by atoms with Gasteiger partial charge in [-0.2, -0.15) is 0 Å². The second-order valence-corrected chi connectivity index (χ2v) is 3.39. The van der Waals surface area contributed by atoms with Crippen molar-refractivity contribution in [1.82, 2.24) is 10.2 Å². The zero-order valence-corrected chi connectivity index (χ0v) is 8.31. The fraction of sp³-hybridized carbons (Fsp3) is 0. The first-order valence-corrected chi connectivity index (χ1v) is 4.56. The smallest absolute Gasteiger partial charge is 0.239 e. The van der Waals surface area contributed by atoms with Crippen molar-refractivity contribution in [2.45, 2.75) is 0 Å². The van der Waals surface area contributed by atoms with E-state index in [9.17, 15) is 5.11 Å². The number of aromatic hydroxyl groups is 2. The first kappa shape index (κ1) is 9.73. The Morgan fingerprint density at radius 1 is 1.07 bits per heavy atom. The summed E-state index contributed by atoms with van der Waals surface area (Å²) < 4.78 is 0. The molecule has 0 saturated heterocycles. The van der Waals surface area contributed by atoms with Crippen LogP contribution in [0, 0.1) is 0 Å². The van der Waals surface area contributed by atoms with Gasteiger partial charge in [0.15, 0.2) is 0 Å². The van der Waals surface area contributed by atoms with Crippen LogP contribution in [0.3, 0.4) is 0 Å². The van der Waals surface area contributed by atoms with E-state index in [0.29, 0.717) is 16.1 Å². The molecule has 0 amide bonds. The van der Waals surface area contributed by atoms with E-state index in [2.05, 4.69) is 10.2 Å². The maximum absolute atomic E-state index is 9.45. The highest BCUT2D eigenvalue weighted by atomic mass is 35.5. The van der Waals surface area contributed by atoms with Crippen LogP contribution >= 0.6 is 11.6 Å².